The molecule has 2 rings (SSSR count). The zero-order chi connectivity index (χ0) is 13.0. The Labute approximate surface area is 110 Å². The molecule has 0 aliphatic carbocycles. The molecule has 0 amide bonds. The molecule has 0 aliphatic heterocycles. The van der Waals surface area contributed by atoms with Crippen LogP contribution in [0.3, 0.4) is 0 Å². The third kappa shape index (κ3) is 3.00. The van der Waals surface area contributed by atoms with Gasteiger partial charge < -0.3 is 15.2 Å². The fraction of sp³-hybridized carbons (Fsp3) is 0.308. The minimum atomic E-state index is 0.197. The van der Waals surface area contributed by atoms with E-state index in [1.165, 1.54) is 0 Å². The average Bonchev–Trinajstić information content (AvgIpc) is 2.77. The van der Waals surface area contributed by atoms with Crippen LogP contribution in [0.1, 0.15) is 16.3 Å². The maximum Gasteiger partial charge on any atom is 0.162 e. The molecule has 0 atom stereocenters. The lowest BCUT2D eigenvalue weighted by Gasteiger charge is -2.09. The van der Waals surface area contributed by atoms with Crippen molar-refractivity contribution in [1.82, 2.24) is 10.3 Å². The van der Waals surface area contributed by atoms with Crippen LogP contribution in [0.25, 0.3) is 0 Å². The number of phenols is 1. The average molecular weight is 264 g/mol. The Morgan fingerprint density at radius 1 is 1.39 bits per heavy atom. The summed E-state index contributed by atoms with van der Waals surface area (Å²) in [6, 6.07) is 5.48. The Morgan fingerprint density at radius 2 is 2.22 bits per heavy atom. The number of benzene rings is 1. The smallest absolute Gasteiger partial charge is 0.162 e. The van der Waals surface area contributed by atoms with E-state index in [1.807, 2.05) is 24.4 Å². The van der Waals surface area contributed by atoms with Gasteiger partial charge in [0.2, 0.25) is 0 Å². The summed E-state index contributed by atoms with van der Waals surface area (Å²) in [6.45, 7) is 3.27. The topological polar surface area (TPSA) is 54.4 Å². The molecule has 1 heterocycles. The van der Waals surface area contributed by atoms with E-state index in [2.05, 4.69) is 10.3 Å². The number of hydrogen-bond acceptors (Lipinski definition) is 5. The fourth-order valence-electron chi connectivity index (χ4n) is 1.66. The molecule has 0 unspecified atom stereocenters. The summed E-state index contributed by atoms with van der Waals surface area (Å²) in [6.07, 6.45) is 0. The second kappa shape index (κ2) is 5.84. The highest BCUT2D eigenvalue weighted by molar-refractivity contribution is 7.09. The molecule has 0 fully saturated rings. The predicted octanol–water partition coefficient (Wildman–Crippen LogP) is 2.46. The van der Waals surface area contributed by atoms with Gasteiger partial charge in [-0.05, 0) is 13.0 Å². The van der Waals surface area contributed by atoms with Crippen LogP contribution in [0.2, 0.25) is 0 Å². The predicted molar refractivity (Wildman–Crippen MR) is 72.1 cm³/mol. The summed E-state index contributed by atoms with van der Waals surface area (Å²) in [5.74, 6) is 0.696. The van der Waals surface area contributed by atoms with Crippen LogP contribution in [-0.2, 0) is 13.1 Å². The first-order valence-corrected chi connectivity index (χ1v) is 6.55. The Balaban J connectivity index is 1.94. The molecule has 0 saturated carbocycles. The number of phenolic OH excluding ortho intramolecular Hbond substituents is 1. The van der Waals surface area contributed by atoms with Gasteiger partial charge in [-0.25, -0.2) is 4.98 Å². The van der Waals surface area contributed by atoms with Crippen molar-refractivity contribution >= 4 is 11.3 Å². The highest BCUT2D eigenvalue weighted by Crippen LogP contribution is 2.29. The summed E-state index contributed by atoms with van der Waals surface area (Å²) >= 11 is 1.64. The zero-order valence-corrected chi connectivity index (χ0v) is 11.3. The molecule has 2 aromatic rings. The molecule has 96 valence electrons. The van der Waals surface area contributed by atoms with E-state index in [1.54, 1.807) is 24.5 Å². The largest absolute Gasteiger partial charge is 0.504 e. The van der Waals surface area contributed by atoms with Gasteiger partial charge in [0, 0.05) is 29.7 Å². The minimum Gasteiger partial charge on any atom is -0.504 e. The summed E-state index contributed by atoms with van der Waals surface area (Å²) in [5.41, 5.74) is 1.86. The van der Waals surface area contributed by atoms with Crippen molar-refractivity contribution in [3.05, 3.63) is 39.8 Å². The monoisotopic (exact) mass is 264 g/mol. The molecule has 0 spiro atoms. The van der Waals surface area contributed by atoms with Crippen molar-refractivity contribution in [2.24, 2.45) is 0 Å². The third-order valence-corrected chi connectivity index (χ3v) is 3.53. The number of hydrogen-bond donors (Lipinski definition) is 2. The summed E-state index contributed by atoms with van der Waals surface area (Å²) in [7, 11) is 1.55. The van der Waals surface area contributed by atoms with E-state index in [4.69, 9.17) is 4.74 Å². The lowest BCUT2D eigenvalue weighted by Crippen LogP contribution is -2.12. The first-order chi connectivity index (χ1) is 8.70. The van der Waals surface area contributed by atoms with Gasteiger partial charge >= 0.3 is 0 Å². The van der Waals surface area contributed by atoms with Gasteiger partial charge in [-0.1, -0.05) is 12.1 Å². The first-order valence-electron chi connectivity index (χ1n) is 5.67. The summed E-state index contributed by atoms with van der Waals surface area (Å²) < 4.78 is 5.07. The second-order valence-corrected chi connectivity index (χ2v) is 4.90. The second-order valence-electron chi connectivity index (χ2n) is 3.95. The van der Waals surface area contributed by atoms with Gasteiger partial charge in [-0.15, -0.1) is 11.3 Å². The van der Waals surface area contributed by atoms with Crippen molar-refractivity contribution in [2.45, 2.75) is 20.0 Å². The van der Waals surface area contributed by atoms with Crippen LogP contribution in [0.5, 0.6) is 11.5 Å². The van der Waals surface area contributed by atoms with Crippen molar-refractivity contribution in [3.8, 4) is 11.5 Å². The number of thiazole rings is 1. The fourth-order valence-corrected chi connectivity index (χ4v) is 2.40. The molecular formula is C13H16N2O2S. The van der Waals surface area contributed by atoms with Crippen molar-refractivity contribution in [3.63, 3.8) is 0 Å². The normalized spacial score (nSPS) is 10.6. The molecule has 4 nitrogen and oxygen atoms in total. The summed E-state index contributed by atoms with van der Waals surface area (Å²) in [4.78, 5) is 4.37. The van der Waals surface area contributed by atoms with E-state index in [0.29, 0.717) is 18.8 Å². The molecule has 0 radical (unpaired) electrons. The Bertz CT molecular complexity index is 525. The number of methoxy groups -OCH3 is 1. The van der Waals surface area contributed by atoms with Gasteiger partial charge in [0.05, 0.1) is 7.11 Å². The molecule has 1 aromatic carbocycles. The van der Waals surface area contributed by atoms with E-state index >= 15 is 0 Å². The molecule has 2 N–H and O–H groups in total. The minimum absolute atomic E-state index is 0.197. The van der Waals surface area contributed by atoms with Gasteiger partial charge in [-0.2, -0.15) is 0 Å². The van der Waals surface area contributed by atoms with E-state index < -0.39 is 0 Å². The maximum absolute atomic E-state index is 9.91. The Kier molecular flexibility index (Phi) is 4.17. The summed E-state index contributed by atoms with van der Waals surface area (Å²) in [5, 5.41) is 16.2. The van der Waals surface area contributed by atoms with Crippen LogP contribution < -0.4 is 10.1 Å². The number of aryl methyl sites for hydroxylation is 1. The molecule has 1 aromatic heterocycles. The highest BCUT2D eigenvalue weighted by Gasteiger charge is 2.06. The number of para-hydroxylation sites is 1. The van der Waals surface area contributed by atoms with E-state index in [9.17, 15) is 5.11 Å². The molecule has 18 heavy (non-hydrogen) atoms. The van der Waals surface area contributed by atoms with E-state index in [0.717, 1.165) is 16.3 Å². The number of nitrogens with one attached hydrogen (secondary N) is 1. The van der Waals surface area contributed by atoms with Crippen LogP contribution >= 0.6 is 11.3 Å². The van der Waals surface area contributed by atoms with E-state index in [-0.39, 0.29) is 5.75 Å². The third-order valence-electron chi connectivity index (χ3n) is 2.56. The van der Waals surface area contributed by atoms with Gasteiger partial charge in [-0.3, -0.25) is 0 Å². The molecule has 0 saturated heterocycles. The lowest BCUT2D eigenvalue weighted by molar-refractivity contribution is 0.369. The number of ether oxygens (including phenoxy) is 1. The van der Waals surface area contributed by atoms with Gasteiger partial charge in [0.25, 0.3) is 0 Å². The number of nitrogens with zero attached hydrogens (tertiary/aromatic N) is 1. The SMILES string of the molecule is COc1cccc(CNCc2nc(C)cs2)c1O. The van der Waals surface area contributed by atoms with Crippen LogP contribution in [0.4, 0.5) is 0 Å². The van der Waals surface area contributed by atoms with Crippen LogP contribution in [-0.4, -0.2) is 17.2 Å². The molecule has 5 heteroatoms. The number of aromatic nitrogens is 1. The standard InChI is InChI=1S/C13H16N2O2S/c1-9-8-18-12(15-9)7-14-6-10-4-3-5-11(17-2)13(10)16/h3-5,8,14,16H,6-7H2,1-2H3. The van der Waals surface area contributed by atoms with Crippen LogP contribution in [0.15, 0.2) is 23.6 Å². The molecule has 0 bridgehead atoms. The first kappa shape index (κ1) is 12.9. The zero-order valence-electron chi connectivity index (χ0n) is 10.4. The van der Waals surface area contributed by atoms with Crippen LogP contribution in [0, 0.1) is 6.92 Å². The molecular weight excluding hydrogens is 248 g/mol. The van der Waals surface area contributed by atoms with Gasteiger partial charge in [0.1, 0.15) is 5.01 Å². The highest BCUT2D eigenvalue weighted by atomic mass is 32.1. The van der Waals surface area contributed by atoms with Gasteiger partial charge in [0.15, 0.2) is 11.5 Å². The maximum atomic E-state index is 9.91. The van der Waals surface area contributed by atoms with Crippen molar-refractivity contribution in [2.75, 3.05) is 7.11 Å². The lowest BCUT2D eigenvalue weighted by atomic mass is 10.2. The number of aromatic hydroxyl groups is 1. The quantitative estimate of drug-likeness (QED) is 0.871. The van der Waals surface area contributed by atoms with Crippen molar-refractivity contribution < 1.29 is 9.84 Å². The Hall–Kier alpha value is -1.59. The van der Waals surface area contributed by atoms with Crippen molar-refractivity contribution in [1.29, 1.82) is 0 Å². The molecule has 0 aliphatic rings. The number of rotatable bonds is 5. The Morgan fingerprint density at radius 3 is 2.89 bits per heavy atom.